The average molecular weight is 380 g/mol. The van der Waals surface area contributed by atoms with Crippen molar-refractivity contribution in [3.8, 4) is 5.69 Å². The molecule has 0 aliphatic rings. The minimum Gasteiger partial charge on any atom is -0.338 e. The Morgan fingerprint density at radius 2 is 1.86 bits per heavy atom. The van der Waals surface area contributed by atoms with E-state index >= 15 is 0 Å². The van der Waals surface area contributed by atoms with E-state index < -0.39 is 0 Å². The lowest BCUT2D eigenvalue weighted by Gasteiger charge is -2.09. The van der Waals surface area contributed by atoms with Gasteiger partial charge < -0.3 is 10.6 Å². The zero-order chi connectivity index (χ0) is 19.9. The number of nitrogens with one attached hydrogen (secondary N) is 2. The quantitative estimate of drug-likeness (QED) is 0.607. The van der Waals surface area contributed by atoms with Gasteiger partial charge in [-0.3, -0.25) is 0 Å². The average Bonchev–Trinajstić information content (AvgIpc) is 2.98. The number of rotatable bonds is 7. The predicted octanol–water partition coefficient (Wildman–Crippen LogP) is 4.06. The summed E-state index contributed by atoms with van der Waals surface area (Å²) in [7, 11) is 0. The first-order valence-corrected chi connectivity index (χ1v) is 9.41. The number of carbonyl (C=O) groups is 1. The van der Waals surface area contributed by atoms with Crippen LogP contribution in [-0.4, -0.2) is 22.4 Å². The summed E-state index contributed by atoms with van der Waals surface area (Å²) in [6.07, 6.45) is 1.47. The van der Waals surface area contributed by atoms with Crippen molar-refractivity contribution in [2.24, 2.45) is 0 Å². The summed E-state index contributed by atoms with van der Waals surface area (Å²) in [5.41, 5.74) is 4.85. The Kier molecular flexibility index (Phi) is 6.42. The second kappa shape index (κ2) is 9.17. The van der Waals surface area contributed by atoms with E-state index in [0.717, 1.165) is 41.0 Å². The number of nitrogens with zero attached hydrogens (tertiary/aromatic N) is 2. The summed E-state index contributed by atoms with van der Waals surface area (Å²) < 4.78 is 15.0. The van der Waals surface area contributed by atoms with Gasteiger partial charge in [-0.05, 0) is 56.5 Å². The Morgan fingerprint density at radius 1 is 1.07 bits per heavy atom. The molecule has 0 atom stereocenters. The summed E-state index contributed by atoms with van der Waals surface area (Å²) in [5.74, 6) is -0.231. The normalized spacial score (nSPS) is 10.7. The van der Waals surface area contributed by atoms with Gasteiger partial charge in [0, 0.05) is 24.3 Å². The molecule has 28 heavy (non-hydrogen) atoms. The summed E-state index contributed by atoms with van der Waals surface area (Å²) in [4.78, 5) is 12.1. The van der Waals surface area contributed by atoms with Crippen LogP contribution in [0.15, 0.2) is 54.6 Å². The number of hydrogen-bond donors (Lipinski definition) is 2. The van der Waals surface area contributed by atoms with E-state index in [1.165, 1.54) is 12.1 Å². The van der Waals surface area contributed by atoms with Crippen molar-refractivity contribution in [3.05, 3.63) is 82.9 Å². The number of para-hydroxylation sites is 1. The maximum atomic E-state index is 13.2. The van der Waals surface area contributed by atoms with E-state index in [-0.39, 0.29) is 11.8 Å². The maximum Gasteiger partial charge on any atom is 0.315 e. The molecule has 0 unspecified atom stereocenters. The topological polar surface area (TPSA) is 59.0 Å². The van der Waals surface area contributed by atoms with Crippen LogP contribution in [0.3, 0.4) is 0 Å². The van der Waals surface area contributed by atoms with Crippen LogP contribution in [0.4, 0.5) is 9.18 Å². The van der Waals surface area contributed by atoms with E-state index in [0.29, 0.717) is 13.1 Å². The van der Waals surface area contributed by atoms with E-state index in [9.17, 15) is 9.18 Å². The fourth-order valence-electron chi connectivity index (χ4n) is 3.17. The van der Waals surface area contributed by atoms with E-state index in [2.05, 4.69) is 15.7 Å². The van der Waals surface area contributed by atoms with Crippen LogP contribution < -0.4 is 10.6 Å². The number of hydrogen-bond acceptors (Lipinski definition) is 2. The van der Waals surface area contributed by atoms with Gasteiger partial charge in [-0.1, -0.05) is 30.3 Å². The summed E-state index contributed by atoms with van der Waals surface area (Å²) in [5, 5.41) is 10.3. The molecule has 2 N–H and O–H groups in total. The highest BCUT2D eigenvalue weighted by atomic mass is 19.1. The number of benzene rings is 2. The molecule has 2 aromatic carbocycles. The standard InChI is InChI=1S/C22H25FN4O/c1-16-21(17(2)27(26-16)20-11-4-3-5-12-20)15-25-22(28)24-13-7-9-18-8-6-10-19(23)14-18/h3-6,8,10-12,14H,7,9,13,15H2,1-2H3,(H2,24,25,28). The molecule has 1 aromatic heterocycles. The number of aryl methyl sites for hydroxylation is 2. The third kappa shape index (κ3) is 4.97. The predicted molar refractivity (Wildman–Crippen MR) is 108 cm³/mol. The molecule has 0 fully saturated rings. The Bertz CT molecular complexity index is 937. The molecule has 146 valence electrons. The van der Waals surface area contributed by atoms with Crippen molar-refractivity contribution < 1.29 is 9.18 Å². The second-order valence-corrected chi connectivity index (χ2v) is 6.74. The van der Waals surface area contributed by atoms with Gasteiger partial charge >= 0.3 is 6.03 Å². The largest absolute Gasteiger partial charge is 0.338 e. The lowest BCUT2D eigenvalue weighted by atomic mass is 10.1. The first kappa shape index (κ1) is 19.6. The molecule has 0 aliphatic heterocycles. The van der Waals surface area contributed by atoms with Gasteiger partial charge in [-0.15, -0.1) is 0 Å². The molecule has 0 spiro atoms. The SMILES string of the molecule is Cc1nn(-c2ccccc2)c(C)c1CNC(=O)NCCCc1cccc(F)c1. The minimum atomic E-state index is -0.231. The second-order valence-electron chi connectivity index (χ2n) is 6.74. The Labute approximate surface area is 164 Å². The number of aromatic nitrogens is 2. The molecule has 5 nitrogen and oxygen atoms in total. The van der Waals surface area contributed by atoms with Gasteiger partial charge in [-0.25, -0.2) is 13.9 Å². The van der Waals surface area contributed by atoms with Gasteiger partial charge in [0.15, 0.2) is 0 Å². The highest BCUT2D eigenvalue weighted by Gasteiger charge is 2.13. The Balaban J connectivity index is 1.47. The van der Waals surface area contributed by atoms with Crippen LogP contribution >= 0.6 is 0 Å². The monoisotopic (exact) mass is 380 g/mol. The first-order chi connectivity index (χ1) is 13.5. The Hall–Kier alpha value is -3.15. The lowest BCUT2D eigenvalue weighted by molar-refractivity contribution is 0.240. The smallest absolute Gasteiger partial charge is 0.315 e. The summed E-state index contributed by atoms with van der Waals surface area (Å²) in [6, 6.07) is 16.2. The molecule has 1 heterocycles. The third-order valence-corrected chi connectivity index (χ3v) is 4.68. The molecule has 0 bridgehead atoms. The fraction of sp³-hybridized carbons (Fsp3) is 0.273. The van der Waals surface area contributed by atoms with Crippen LogP contribution in [0.25, 0.3) is 5.69 Å². The van der Waals surface area contributed by atoms with Crippen molar-refractivity contribution in [1.29, 1.82) is 0 Å². The Morgan fingerprint density at radius 3 is 2.61 bits per heavy atom. The molecule has 2 amide bonds. The van der Waals surface area contributed by atoms with Crippen molar-refractivity contribution in [2.75, 3.05) is 6.54 Å². The highest BCUT2D eigenvalue weighted by molar-refractivity contribution is 5.73. The van der Waals surface area contributed by atoms with Crippen LogP contribution in [-0.2, 0) is 13.0 Å². The van der Waals surface area contributed by atoms with Gasteiger partial charge in [-0.2, -0.15) is 5.10 Å². The molecule has 3 aromatic rings. The molecule has 0 aliphatic carbocycles. The molecular formula is C22H25FN4O. The van der Waals surface area contributed by atoms with Crippen LogP contribution in [0.1, 0.15) is 28.9 Å². The van der Waals surface area contributed by atoms with Crippen LogP contribution in [0.2, 0.25) is 0 Å². The number of amides is 2. The van der Waals surface area contributed by atoms with Gasteiger partial charge in [0.2, 0.25) is 0 Å². The van der Waals surface area contributed by atoms with Crippen molar-refractivity contribution in [2.45, 2.75) is 33.2 Å². The van der Waals surface area contributed by atoms with E-state index in [1.54, 1.807) is 6.07 Å². The van der Waals surface area contributed by atoms with Crippen molar-refractivity contribution in [3.63, 3.8) is 0 Å². The number of carbonyl (C=O) groups excluding carboxylic acids is 1. The van der Waals surface area contributed by atoms with Crippen LogP contribution in [0.5, 0.6) is 0 Å². The molecule has 3 rings (SSSR count). The zero-order valence-electron chi connectivity index (χ0n) is 16.2. The van der Waals surface area contributed by atoms with E-state index in [4.69, 9.17) is 0 Å². The lowest BCUT2D eigenvalue weighted by Crippen LogP contribution is -2.35. The minimum absolute atomic E-state index is 0.217. The van der Waals surface area contributed by atoms with Crippen molar-refractivity contribution in [1.82, 2.24) is 20.4 Å². The maximum absolute atomic E-state index is 13.2. The number of halogens is 1. The number of urea groups is 1. The molecule has 0 saturated heterocycles. The van der Waals surface area contributed by atoms with Gasteiger partial charge in [0.25, 0.3) is 0 Å². The first-order valence-electron chi connectivity index (χ1n) is 9.41. The van der Waals surface area contributed by atoms with Crippen molar-refractivity contribution >= 4 is 6.03 Å². The molecule has 0 saturated carbocycles. The van der Waals surface area contributed by atoms with Gasteiger partial charge in [0.1, 0.15) is 5.82 Å². The molecule has 6 heteroatoms. The molecular weight excluding hydrogens is 355 g/mol. The molecule has 0 radical (unpaired) electrons. The summed E-state index contributed by atoms with van der Waals surface area (Å²) >= 11 is 0. The van der Waals surface area contributed by atoms with Gasteiger partial charge in [0.05, 0.1) is 11.4 Å². The third-order valence-electron chi connectivity index (χ3n) is 4.68. The van der Waals surface area contributed by atoms with E-state index in [1.807, 2.05) is 54.9 Å². The fourth-order valence-corrected chi connectivity index (χ4v) is 3.17. The summed E-state index contributed by atoms with van der Waals surface area (Å²) in [6.45, 7) is 4.89. The van der Waals surface area contributed by atoms with Crippen LogP contribution in [0, 0.1) is 19.7 Å². The highest BCUT2D eigenvalue weighted by Crippen LogP contribution is 2.17. The zero-order valence-corrected chi connectivity index (χ0v) is 16.2.